The second kappa shape index (κ2) is 5.84. The quantitative estimate of drug-likeness (QED) is 0.841. The molecule has 106 valence electrons. The Balaban J connectivity index is 2.41. The summed E-state index contributed by atoms with van der Waals surface area (Å²) < 4.78 is 10.5. The maximum atomic E-state index is 10.5. The molecule has 3 N–H and O–H groups in total. The molecule has 2 aromatic rings. The fourth-order valence-electron chi connectivity index (χ4n) is 2.09. The number of ether oxygens (including phenoxy) is 2. The number of aliphatic hydroxyl groups excluding tert-OH is 1. The highest BCUT2D eigenvalue weighted by molar-refractivity contribution is 5.51. The van der Waals surface area contributed by atoms with Crippen molar-refractivity contribution in [2.24, 2.45) is 0 Å². The highest BCUT2D eigenvalue weighted by Crippen LogP contribution is 2.33. The van der Waals surface area contributed by atoms with Crippen molar-refractivity contribution < 1.29 is 14.6 Å². The molecular weight excluding hydrogens is 254 g/mol. The van der Waals surface area contributed by atoms with Crippen LogP contribution in [-0.4, -0.2) is 19.3 Å². The van der Waals surface area contributed by atoms with E-state index >= 15 is 0 Å². The van der Waals surface area contributed by atoms with Gasteiger partial charge in [0.05, 0.1) is 14.2 Å². The zero-order valence-electron chi connectivity index (χ0n) is 11.9. The zero-order chi connectivity index (χ0) is 14.7. The summed E-state index contributed by atoms with van der Waals surface area (Å²) in [6, 6.07) is 10.8. The Hall–Kier alpha value is -2.20. The molecule has 0 spiro atoms. The molecule has 2 aromatic carbocycles. The molecule has 1 atom stereocenters. The average molecular weight is 273 g/mol. The Bertz CT molecular complexity index is 611. The lowest BCUT2D eigenvalue weighted by atomic mass is 9.98. The van der Waals surface area contributed by atoms with Gasteiger partial charge < -0.3 is 20.3 Å². The van der Waals surface area contributed by atoms with Crippen LogP contribution in [0.1, 0.15) is 22.8 Å². The molecule has 0 heterocycles. The molecule has 0 aliphatic rings. The summed E-state index contributed by atoms with van der Waals surface area (Å²) in [5, 5.41) is 10.5. The fraction of sp³-hybridized carbons (Fsp3) is 0.250. The van der Waals surface area contributed by atoms with Crippen LogP contribution in [0.15, 0.2) is 36.4 Å². The number of anilines is 1. The van der Waals surface area contributed by atoms with Gasteiger partial charge in [0.2, 0.25) is 0 Å². The lowest BCUT2D eigenvalue weighted by molar-refractivity contribution is 0.214. The minimum absolute atomic E-state index is 0.589. The van der Waals surface area contributed by atoms with E-state index in [2.05, 4.69) is 0 Å². The Labute approximate surface area is 118 Å². The van der Waals surface area contributed by atoms with Crippen molar-refractivity contribution >= 4 is 5.69 Å². The Morgan fingerprint density at radius 1 is 1.05 bits per heavy atom. The average Bonchev–Trinajstić information content (AvgIpc) is 2.48. The molecular formula is C16H19NO3. The summed E-state index contributed by atoms with van der Waals surface area (Å²) in [4.78, 5) is 0. The minimum Gasteiger partial charge on any atom is -0.497 e. The second-order valence-corrected chi connectivity index (χ2v) is 4.63. The van der Waals surface area contributed by atoms with E-state index < -0.39 is 6.10 Å². The monoisotopic (exact) mass is 273 g/mol. The van der Waals surface area contributed by atoms with Crippen molar-refractivity contribution in [1.82, 2.24) is 0 Å². The molecule has 0 aliphatic carbocycles. The lowest BCUT2D eigenvalue weighted by Crippen LogP contribution is -2.04. The summed E-state index contributed by atoms with van der Waals surface area (Å²) in [5.41, 5.74) is 8.92. The van der Waals surface area contributed by atoms with Gasteiger partial charge in [0.1, 0.15) is 17.6 Å². The van der Waals surface area contributed by atoms with Crippen molar-refractivity contribution in [1.29, 1.82) is 0 Å². The van der Waals surface area contributed by atoms with Gasteiger partial charge >= 0.3 is 0 Å². The molecule has 4 nitrogen and oxygen atoms in total. The van der Waals surface area contributed by atoms with Crippen molar-refractivity contribution in [3.8, 4) is 11.5 Å². The molecule has 20 heavy (non-hydrogen) atoms. The first kappa shape index (κ1) is 14.2. The number of nitrogens with two attached hydrogens (primary N) is 1. The van der Waals surface area contributed by atoms with E-state index in [-0.39, 0.29) is 0 Å². The number of benzene rings is 2. The van der Waals surface area contributed by atoms with Gasteiger partial charge in [0.15, 0.2) is 0 Å². The van der Waals surface area contributed by atoms with Gasteiger partial charge in [-0.2, -0.15) is 0 Å². The molecule has 0 fully saturated rings. The van der Waals surface area contributed by atoms with Crippen LogP contribution in [0.25, 0.3) is 0 Å². The van der Waals surface area contributed by atoms with E-state index in [4.69, 9.17) is 15.2 Å². The van der Waals surface area contributed by atoms with Crippen molar-refractivity contribution in [2.45, 2.75) is 13.0 Å². The molecule has 0 saturated heterocycles. The van der Waals surface area contributed by atoms with Gasteiger partial charge in [0.25, 0.3) is 0 Å². The number of hydrogen-bond donors (Lipinski definition) is 2. The number of rotatable bonds is 4. The van der Waals surface area contributed by atoms with Crippen LogP contribution < -0.4 is 15.2 Å². The maximum Gasteiger partial charge on any atom is 0.128 e. The lowest BCUT2D eigenvalue weighted by Gasteiger charge is -2.17. The van der Waals surface area contributed by atoms with E-state index in [1.807, 2.05) is 19.1 Å². The molecule has 0 aromatic heterocycles. The van der Waals surface area contributed by atoms with Crippen LogP contribution in [0.5, 0.6) is 11.5 Å². The molecule has 0 aliphatic heterocycles. The normalized spacial score (nSPS) is 12.0. The van der Waals surface area contributed by atoms with Crippen molar-refractivity contribution in [2.75, 3.05) is 20.0 Å². The molecule has 0 saturated carbocycles. The third kappa shape index (κ3) is 2.70. The summed E-state index contributed by atoms with van der Waals surface area (Å²) >= 11 is 0. The van der Waals surface area contributed by atoms with Crippen LogP contribution >= 0.6 is 0 Å². The molecule has 2 rings (SSSR count). The SMILES string of the molecule is COc1ccc([C@@H](O)c2ccc(N)c(C)c2)c(OC)c1. The maximum absolute atomic E-state index is 10.5. The first-order valence-corrected chi connectivity index (χ1v) is 6.33. The van der Waals surface area contributed by atoms with Crippen LogP contribution in [0.2, 0.25) is 0 Å². The Morgan fingerprint density at radius 2 is 1.80 bits per heavy atom. The number of aliphatic hydroxyl groups is 1. The van der Waals surface area contributed by atoms with Crippen molar-refractivity contribution in [3.05, 3.63) is 53.1 Å². The summed E-state index contributed by atoms with van der Waals surface area (Å²) in [5.74, 6) is 1.28. The van der Waals surface area contributed by atoms with Crippen LogP contribution in [0.4, 0.5) is 5.69 Å². The van der Waals surface area contributed by atoms with Gasteiger partial charge in [-0.15, -0.1) is 0 Å². The van der Waals surface area contributed by atoms with E-state index in [1.165, 1.54) is 0 Å². The summed E-state index contributed by atoms with van der Waals surface area (Å²) in [6.45, 7) is 1.91. The Kier molecular flexibility index (Phi) is 4.15. The highest BCUT2D eigenvalue weighted by Gasteiger charge is 2.16. The van der Waals surface area contributed by atoms with Crippen LogP contribution in [0, 0.1) is 6.92 Å². The third-order valence-corrected chi connectivity index (χ3v) is 3.34. The van der Waals surface area contributed by atoms with Gasteiger partial charge in [0, 0.05) is 17.3 Å². The number of nitrogen functional groups attached to an aromatic ring is 1. The molecule has 0 amide bonds. The van der Waals surface area contributed by atoms with Crippen molar-refractivity contribution in [3.63, 3.8) is 0 Å². The van der Waals surface area contributed by atoms with E-state index in [9.17, 15) is 5.11 Å². The first-order valence-electron chi connectivity index (χ1n) is 6.33. The summed E-state index contributed by atoms with van der Waals surface area (Å²) in [6.07, 6.45) is -0.768. The number of methoxy groups -OCH3 is 2. The first-order chi connectivity index (χ1) is 9.56. The van der Waals surface area contributed by atoms with Gasteiger partial charge in [-0.05, 0) is 36.2 Å². The smallest absolute Gasteiger partial charge is 0.128 e. The number of aryl methyl sites for hydroxylation is 1. The Morgan fingerprint density at radius 3 is 2.40 bits per heavy atom. The van der Waals surface area contributed by atoms with Gasteiger partial charge in [-0.3, -0.25) is 0 Å². The van der Waals surface area contributed by atoms with E-state index in [0.29, 0.717) is 22.7 Å². The largest absolute Gasteiger partial charge is 0.497 e. The third-order valence-electron chi connectivity index (χ3n) is 3.34. The van der Waals surface area contributed by atoms with Gasteiger partial charge in [-0.25, -0.2) is 0 Å². The predicted octanol–water partition coefficient (Wildman–Crippen LogP) is 2.68. The number of hydrogen-bond acceptors (Lipinski definition) is 4. The highest BCUT2D eigenvalue weighted by atomic mass is 16.5. The molecule has 0 radical (unpaired) electrons. The fourth-order valence-corrected chi connectivity index (χ4v) is 2.09. The molecule has 0 bridgehead atoms. The minimum atomic E-state index is -0.768. The van der Waals surface area contributed by atoms with Crippen LogP contribution in [0.3, 0.4) is 0 Å². The van der Waals surface area contributed by atoms with Gasteiger partial charge in [-0.1, -0.05) is 12.1 Å². The van der Waals surface area contributed by atoms with Crippen LogP contribution in [-0.2, 0) is 0 Å². The van der Waals surface area contributed by atoms with E-state index in [0.717, 1.165) is 11.1 Å². The van der Waals surface area contributed by atoms with E-state index in [1.54, 1.807) is 38.5 Å². The molecule has 0 unspecified atom stereocenters. The standard InChI is InChI=1S/C16H19NO3/c1-10-8-11(4-7-14(10)17)16(18)13-6-5-12(19-2)9-15(13)20-3/h4-9,16,18H,17H2,1-3H3/t16-/m0/s1. The summed E-state index contributed by atoms with van der Waals surface area (Å²) in [7, 11) is 3.16. The topological polar surface area (TPSA) is 64.7 Å². The molecule has 4 heteroatoms. The second-order valence-electron chi connectivity index (χ2n) is 4.63. The zero-order valence-corrected chi connectivity index (χ0v) is 11.9. The predicted molar refractivity (Wildman–Crippen MR) is 79.2 cm³/mol.